The molecule has 0 saturated carbocycles. The van der Waals surface area contributed by atoms with E-state index in [0.717, 1.165) is 19.1 Å². The van der Waals surface area contributed by atoms with E-state index in [9.17, 15) is 35.5 Å². The van der Waals surface area contributed by atoms with Crippen LogP contribution in [0.15, 0.2) is 36.4 Å². The van der Waals surface area contributed by atoms with Crippen molar-refractivity contribution in [2.75, 3.05) is 0 Å². The van der Waals surface area contributed by atoms with E-state index in [-0.39, 0.29) is 6.08 Å². The third-order valence-corrected chi connectivity index (χ3v) is 2.52. The number of rotatable bonds is 4. The lowest BCUT2D eigenvalue weighted by Gasteiger charge is -2.30. The quantitative estimate of drug-likeness (QED) is 0.591. The van der Waals surface area contributed by atoms with Gasteiger partial charge < -0.3 is 0 Å². The van der Waals surface area contributed by atoms with Crippen molar-refractivity contribution >= 4 is 11.4 Å². The van der Waals surface area contributed by atoms with Crippen LogP contribution in [-0.4, -0.2) is 23.8 Å². The molecule has 0 radical (unpaired) electrons. The molecular formula is C13H9F7O. The monoisotopic (exact) mass is 314 g/mol. The molecule has 0 bridgehead atoms. The number of halogens is 7. The highest BCUT2D eigenvalue weighted by Gasteiger charge is 2.74. The molecule has 0 aliphatic rings. The number of benzene rings is 1. The maximum Gasteiger partial charge on any atom is 0.460 e. The maximum atomic E-state index is 13.7. The summed E-state index contributed by atoms with van der Waals surface area (Å²) in [4.78, 5) is 10.9. The van der Waals surface area contributed by atoms with Gasteiger partial charge in [0, 0.05) is 5.57 Å². The summed E-state index contributed by atoms with van der Waals surface area (Å²) in [7, 11) is 0. The fraction of sp³-hybridized carbons (Fsp3) is 0.308. The molecule has 0 aliphatic carbocycles. The van der Waals surface area contributed by atoms with Crippen molar-refractivity contribution in [1.82, 2.24) is 0 Å². The molecule has 1 aromatic rings. The van der Waals surface area contributed by atoms with Crippen LogP contribution in [0.2, 0.25) is 0 Å². The number of carbonyl (C=O) groups excluding carboxylic acids is 1. The Morgan fingerprint density at radius 1 is 0.952 bits per heavy atom. The fourth-order valence-corrected chi connectivity index (χ4v) is 1.52. The van der Waals surface area contributed by atoms with Crippen molar-refractivity contribution in [3.63, 3.8) is 0 Å². The van der Waals surface area contributed by atoms with Crippen LogP contribution in [0.5, 0.6) is 0 Å². The number of allylic oxidation sites excluding steroid dienone is 2. The van der Waals surface area contributed by atoms with Crippen LogP contribution in [0.1, 0.15) is 12.5 Å². The summed E-state index contributed by atoms with van der Waals surface area (Å²) in [6.45, 7) is 0.769. The molecule has 0 amide bonds. The molecule has 1 rings (SSSR count). The summed E-state index contributed by atoms with van der Waals surface area (Å²) >= 11 is 0. The number of alkyl halides is 7. The smallest absolute Gasteiger partial charge is 0.295 e. The molecule has 0 fully saturated rings. The zero-order chi connectivity index (χ0) is 16.5. The number of hydrogen-bond donors (Lipinski definition) is 0. The van der Waals surface area contributed by atoms with E-state index in [0.29, 0.717) is 0 Å². The van der Waals surface area contributed by atoms with Gasteiger partial charge in [0.05, 0.1) is 0 Å². The molecule has 0 spiro atoms. The fourth-order valence-electron chi connectivity index (χ4n) is 1.52. The largest absolute Gasteiger partial charge is 0.460 e. The molecule has 0 unspecified atom stereocenters. The SMILES string of the molecule is CC(=O)/C=C(\c1ccccc1)C(F)(F)C(F)(F)C(F)(F)F. The summed E-state index contributed by atoms with van der Waals surface area (Å²) < 4.78 is 90.2. The van der Waals surface area contributed by atoms with Crippen molar-refractivity contribution in [3.05, 3.63) is 42.0 Å². The van der Waals surface area contributed by atoms with Gasteiger partial charge in [0.2, 0.25) is 0 Å². The average Bonchev–Trinajstić information content (AvgIpc) is 2.35. The average molecular weight is 314 g/mol. The second kappa shape index (κ2) is 5.50. The van der Waals surface area contributed by atoms with Gasteiger partial charge in [0.1, 0.15) is 0 Å². The molecule has 0 atom stereocenters. The predicted octanol–water partition coefficient (Wildman–Crippen LogP) is 4.49. The summed E-state index contributed by atoms with van der Waals surface area (Å²) in [5.74, 6) is -13.0. The van der Waals surface area contributed by atoms with Gasteiger partial charge in [0.15, 0.2) is 5.78 Å². The van der Waals surface area contributed by atoms with E-state index in [1.165, 1.54) is 18.2 Å². The second-order valence-corrected chi connectivity index (χ2v) is 4.18. The molecule has 1 nitrogen and oxygen atoms in total. The molecule has 0 aliphatic heterocycles. The first-order valence-corrected chi connectivity index (χ1v) is 5.52. The Hall–Kier alpha value is -1.86. The Morgan fingerprint density at radius 3 is 1.81 bits per heavy atom. The van der Waals surface area contributed by atoms with E-state index in [1.54, 1.807) is 0 Å². The summed E-state index contributed by atoms with van der Waals surface area (Å²) in [6, 6.07) is 5.52. The molecule has 0 heterocycles. The molecule has 0 aromatic heterocycles. The standard InChI is InChI=1S/C13H9F7O/c1-8(21)7-10(9-5-3-2-4-6-9)11(14,15)12(16,17)13(18,19)20/h2-7H,1H3/b10-7+. The second-order valence-electron chi connectivity index (χ2n) is 4.18. The molecule has 8 heteroatoms. The highest BCUT2D eigenvalue weighted by atomic mass is 19.4. The van der Waals surface area contributed by atoms with E-state index in [1.807, 2.05) is 0 Å². The molecule has 21 heavy (non-hydrogen) atoms. The first-order valence-electron chi connectivity index (χ1n) is 5.52. The van der Waals surface area contributed by atoms with Crippen LogP contribution < -0.4 is 0 Å². The minimum Gasteiger partial charge on any atom is -0.295 e. The predicted molar refractivity (Wildman–Crippen MR) is 61.0 cm³/mol. The van der Waals surface area contributed by atoms with Crippen molar-refractivity contribution in [1.29, 1.82) is 0 Å². The van der Waals surface area contributed by atoms with Gasteiger partial charge in [-0.25, -0.2) is 0 Å². The van der Waals surface area contributed by atoms with Crippen molar-refractivity contribution in [2.45, 2.75) is 24.9 Å². The topological polar surface area (TPSA) is 17.1 Å². The Morgan fingerprint density at radius 2 is 1.43 bits per heavy atom. The summed E-state index contributed by atoms with van der Waals surface area (Å²) in [5, 5.41) is 0. The van der Waals surface area contributed by atoms with Crippen molar-refractivity contribution < 1.29 is 35.5 Å². The minimum absolute atomic E-state index is 0.0784. The van der Waals surface area contributed by atoms with Gasteiger partial charge in [-0.1, -0.05) is 30.3 Å². The van der Waals surface area contributed by atoms with Gasteiger partial charge in [0.25, 0.3) is 0 Å². The molecule has 116 valence electrons. The highest BCUT2D eigenvalue weighted by Crippen LogP contribution is 2.52. The first-order chi connectivity index (χ1) is 9.41. The summed E-state index contributed by atoms with van der Waals surface area (Å²) in [6.07, 6.45) is -6.38. The van der Waals surface area contributed by atoms with Crippen molar-refractivity contribution in [2.24, 2.45) is 0 Å². The van der Waals surface area contributed by atoms with Gasteiger partial charge >= 0.3 is 18.0 Å². The van der Waals surface area contributed by atoms with Crippen LogP contribution in [0, 0.1) is 0 Å². The lowest BCUT2D eigenvalue weighted by atomic mass is 9.93. The molecule has 1 aromatic carbocycles. The number of carbonyl (C=O) groups is 1. The Balaban J connectivity index is 3.50. The van der Waals surface area contributed by atoms with Crippen LogP contribution in [0.3, 0.4) is 0 Å². The van der Waals surface area contributed by atoms with Gasteiger partial charge in [-0.05, 0) is 18.6 Å². The lowest BCUT2D eigenvalue weighted by molar-refractivity contribution is -0.338. The van der Waals surface area contributed by atoms with Gasteiger partial charge in [-0.15, -0.1) is 0 Å². The van der Waals surface area contributed by atoms with Crippen LogP contribution in [0.25, 0.3) is 5.57 Å². The normalized spacial score (nSPS) is 14.2. The van der Waals surface area contributed by atoms with E-state index in [4.69, 9.17) is 0 Å². The minimum atomic E-state index is -6.46. The van der Waals surface area contributed by atoms with Gasteiger partial charge in [-0.2, -0.15) is 30.7 Å². The zero-order valence-electron chi connectivity index (χ0n) is 10.5. The number of ketones is 1. The van der Waals surface area contributed by atoms with Gasteiger partial charge in [-0.3, -0.25) is 4.79 Å². The van der Waals surface area contributed by atoms with Crippen LogP contribution in [-0.2, 0) is 4.79 Å². The highest BCUT2D eigenvalue weighted by molar-refractivity contribution is 5.96. The maximum absolute atomic E-state index is 13.7. The summed E-state index contributed by atoms with van der Waals surface area (Å²) in [5.41, 5.74) is -2.28. The third-order valence-electron chi connectivity index (χ3n) is 2.52. The first kappa shape index (κ1) is 17.2. The Kier molecular flexibility index (Phi) is 4.50. The number of hydrogen-bond acceptors (Lipinski definition) is 1. The van der Waals surface area contributed by atoms with Crippen LogP contribution in [0.4, 0.5) is 30.7 Å². The van der Waals surface area contributed by atoms with E-state index >= 15 is 0 Å². The molecule has 0 saturated heterocycles. The zero-order valence-corrected chi connectivity index (χ0v) is 10.5. The lowest BCUT2D eigenvalue weighted by Crippen LogP contribution is -2.52. The Labute approximate surface area is 115 Å². The molecule has 0 N–H and O–H groups in total. The Bertz CT molecular complexity index is 543. The van der Waals surface area contributed by atoms with E-state index in [2.05, 4.69) is 0 Å². The molecular weight excluding hydrogens is 305 g/mol. The van der Waals surface area contributed by atoms with Crippen LogP contribution >= 0.6 is 0 Å². The van der Waals surface area contributed by atoms with E-state index < -0.39 is 34.9 Å². The van der Waals surface area contributed by atoms with Crippen molar-refractivity contribution in [3.8, 4) is 0 Å². The third kappa shape index (κ3) is 3.25.